The van der Waals surface area contributed by atoms with Crippen LogP contribution in [-0.4, -0.2) is 40.5 Å². The molecule has 1 unspecified atom stereocenters. The second kappa shape index (κ2) is 6.83. The van der Waals surface area contributed by atoms with E-state index in [0.29, 0.717) is 24.6 Å². The molecule has 2 aliphatic rings. The highest BCUT2D eigenvalue weighted by atomic mass is 16.6. The molecule has 1 fully saturated rings. The summed E-state index contributed by atoms with van der Waals surface area (Å²) in [4.78, 5) is 12.4. The molecule has 6 nitrogen and oxygen atoms in total. The number of aryl methyl sites for hydroxylation is 1. The van der Waals surface area contributed by atoms with Crippen LogP contribution in [0.25, 0.3) is 0 Å². The van der Waals surface area contributed by atoms with E-state index < -0.39 is 17.2 Å². The van der Waals surface area contributed by atoms with Crippen LogP contribution in [0.15, 0.2) is 18.2 Å². The molecular weight excluding hydrogens is 330 g/mol. The number of carbonyl (C=O) groups is 1. The van der Waals surface area contributed by atoms with Gasteiger partial charge < -0.3 is 20.6 Å². The Bertz CT molecular complexity index is 669. The molecule has 1 heterocycles. The van der Waals surface area contributed by atoms with Gasteiger partial charge in [-0.25, -0.2) is 4.79 Å². The molecule has 1 amide bonds. The fourth-order valence-corrected chi connectivity index (χ4v) is 4.62. The quantitative estimate of drug-likeness (QED) is 0.769. The van der Waals surface area contributed by atoms with E-state index in [1.807, 2.05) is 52.9 Å². The van der Waals surface area contributed by atoms with Crippen LogP contribution >= 0.6 is 0 Å². The molecule has 1 aliphatic heterocycles. The summed E-state index contributed by atoms with van der Waals surface area (Å²) >= 11 is 0. The van der Waals surface area contributed by atoms with Crippen LogP contribution in [0.5, 0.6) is 5.75 Å². The van der Waals surface area contributed by atoms with E-state index in [4.69, 9.17) is 4.74 Å². The third-order valence-electron chi connectivity index (χ3n) is 5.71. The van der Waals surface area contributed by atoms with Gasteiger partial charge in [0.1, 0.15) is 5.75 Å². The number of hydrogen-bond donors (Lipinski definition) is 3. The summed E-state index contributed by atoms with van der Waals surface area (Å²) in [5.74, 6) is 0.571. The predicted molar refractivity (Wildman–Crippen MR) is 101 cm³/mol. The molecule has 0 aromatic heterocycles. The Morgan fingerprint density at radius 1 is 1.23 bits per heavy atom. The number of rotatable bonds is 3. The van der Waals surface area contributed by atoms with Gasteiger partial charge in [-0.2, -0.15) is 5.06 Å². The second-order valence-corrected chi connectivity index (χ2v) is 8.82. The molecular formula is C20H31N3O3. The van der Waals surface area contributed by atoms with Gasteiger partial charge in [-0.05, 0) is 83.7 Å². The van der Waals surface area contributed by atoms with Gasteiger partial charge >= 0.3 is 6.09 Å². The van der Waals surface area contributed by atoms with Crippen LogP contribution in [0.1, 0.15) is 64.1 Å². The molecule has 1 saturated heterocycles. The number of piperidine rings is 1. The van der Waals surface area contributed by atoms with Gasteiger partial charge in [0.2, 0.25) is 0 Å². The Morgan fingerprint density at radius 3 is 2.50 bits per heavy atom. The minimum Gasteiger partial charge on any atom is -0.410 e. The van der Waals surface area contributed by atoms with Gasteiger partial charge in [-0.1, -0.05) is 6.07 Å². The van der Waals surface area contributed by atoms with Crippen molar-refractivity contribution in [3.8, 4) is 5.75 Å². The summed E-state index contributed by atoms with van der Waals surface area (Å²) < 4.78 is 5.54. The van der Waals surface area contributed by atoms with Crippen LogP contribution in [0.2, 0.25) is 0 Å². The van der Waals surface area contributed by atoms with Crippen LogP contribution in [0.3, 0.4) is 0 Å². The summed E-state index contributed by atoms with van der Waals surface area (Å²) in [6.07, 6.45) is 3.01. The van der Waals surface area contributed by atoms with Crippen molar-refractivity contribution in [2.75, 3.05) is 7.05 Å². The van der Waals surface area contributed by atoms with Crippen molar-refractivity contribution in [2.45, 2.75) is 76.5 Å². The van der Waals surface area contributed by atoms with Gasteiger partial charge in [-0.3, -0.25) is 0 Å². The van der Waals surface area contributed by atoms with Crippen molar-refractivity contribution in [1.29, 1.82) is 0 Å². The molecule has 3 rings (SSSR count). The van der Waals surface area contributed by atoms with Crippen molar-refractivity contribution in [3.05, 3.63) is 29.3 Å². The number of amides is 1. The van der Waals surface area contributed by atoms with Crippen LogP contribution in [-0.2, 0) is 6.42 Å². The first-order valence-corrected chi connectivity index (χ1v) is 9.40. The highest BCUT2D eigenvalue weighted by Gasteiger charge is 2.45. The van der Waals surface area contributed by atoms with E-state index in [0.717, 1.165) is 12.8 Å². The van der Waals surface area contributed by atoms with Crippen molar-refractivity contribution in [1.82, 2.24) is 15.7 Å². The first-order valence-electron chi connectivity index (χ1n) is 9.40. The molecule has 0 spiro atoms. The summed E-state index contributed by atoms with van der Waals surface area (Å²) in [5, 5.41) is 18.1. The SMILES string of the molecule is CNC1CCc2ccc(OC(=O)NC3CC(C)(C)N(O)C(C)(C)C3)cc21. The minimum atomic E-state index is -0.438. The number of hydroxylamine groups is 2. The zero-order valence-electron chi connectivity index (χ0n) is 16.4. The van der Waals surface area contributed by atoms with E-state index in [9.17, 15) is 10.0 Å². The Hall–Kier alpha value is -1.63. The van der Waals surface area contributed by atoms with E-state index in [1.54, 1.807) is 0 Å². The lowest BCUT2D eigenvalue weighted by atomic mass is 9.79. The summed E-state index contributed by atoms with van der Waals surface area (Å²) in [6.45, 7) is 7.91. The summed E-state index contributed by atoms with van der Waals surface area (Å²) in [6, 6.07) is 6.15. The molecule has 0 radical (unpaired) electrons. The lowest BCUT2D eigenvalue weighted by molar-refractivity contribution is -0.245. The fraction of sp³-hybridized carbons (Fsp3) is 0.650. The maximum atomic E-state index is 12.4. The zero-order valence-corrected chi connectivity index (χ0v) is 16.4. The molecule has 0 bridgehead atoms. The van der Waals surface area contributed by atoms with Gasteiger partial charge in [0.15, 0.2) is 0 Å². The number of fused-ring (bicyclic) bond motifs is 1. The van der Waals surface area contributed by atoms with Crippen LogP contribution in [0, 0.1) is 0 Å². The molecule has 26 heavy (non-hydrogen) atoms. The molecule has 6 heteroatoms. The number of ether oxygens (including phenoxy) is 1. The number of nitrogens with zero attached hydrogens (tertiary/aromatic N) is 1. The molecule has 1 aromatic rings. The van der Waals surface area contributed by atoms with E-state index in [-0.39, 0.29) is 6.04 Å². The van der Waals surface area contributed by atoms with Crippen LogP contribution < -0.4 is 15.4 Å². The van der Waals surface area contributed by atoms with Gasteiger partial charge in [-0.15, -0.1) is 0 Å². The third kappa shape index (κ3) is 3.72. The van der Waals surface area contributed by atoms with E-state index in [2.05, 4.69) is 10.6 Å². The van der Waals surface area contributed by atoms with Crippen molar-refractivity contribution >= 4 is 6.09 Å². The van der Waals surface area contributed by atoms with Crippen molar-refractivity contribution < 1.29 is 14.7 Å². The lowest BCUT2D eigenvalue weighted by Crippen LogP contribution is -2.63. The first kappa shape index (κ1) is 19.1. The number of carbonyl (C=O) groups excluding carboxylic acids is 1. The second-order valence-electron chi connectivity index (χ2n) is 8.82. The summed E-state index contributed by atoms with van der Waals surface area (Å²) in [5.41, 5.74) is 1.71. The van der Waals surface area contributed by atoms with Crippen LogP contribution in [0.4, 0.5) is 4.79 Å². The lowest BCUT2D eigenvalue weighted by Gasteiger charge is -2.51. The van der Waals surface area contributed by atoms with Crippen molar-refractivity contribution in [3.63, 3.8) is 0 Å². The number of benzene rings is 1. The highest BCUT2D eigenvalue weighted by Crippen LogP contribution is 2.37. The molecule has 3 N–H and O–H groups in total. The number of hydrogen-bond acceptors (Lipinski definition) is 5. The van der Waals surface area contributed by atoms with Gasteiger partial charge in [0.25, 0.3) is 0 Å². The van der Waals surface area contributed by atoms with Gasteiger partial charge in [0, 0.05) is 23.2 Å². The Morgan fingerprint density at radius 2 is 1.88 bits per heavy atom. The topological polar surface area (TPSA) is 73.8 Å². The first-order chi connectivity index (χ1) is 12.1. The third-order valence-corrected chi connectivity index (χ3v) is 5.71. The normalized spacial score (nSPS) is 24.9. The smallest absolute Gasteiger partial charge is 0.410 e. The maximum absolute atomic E-state index is 12.4. The molecule has 0 saturated carbocycles. The Balaban J connectivity index is 1.65. The van der Waals surface area contributed by atoms with E-state index in [1.165, 1.54) is 16.2 Å². The average Bonchev–Trinajstić information content (AvgIpc) is 2.94. The fourth-order valence-electron chi connectivity index (χ4n) is 4.62. The highest BCUT2D eigenvalue weighted by molar-refractivity contribution is 5.71. The standard InChI is InChI=1S/C20H31N3O3/c1-19(2)11-14(12-20(3,4)23(19)25)22-18(24)26-15-8-6-13-7-9-17(21-5)16(13)10-15/h6,8,10,14,17,21,25H,7,9,11-12H2,1-5H3,(H,22,24). The monoisotopic (exact) mass is 361 g/mol. The van der Waals surface area contributed by atoms with E-state index >= 15 is 0 Å². The predicted octanol–water partition coefficient (Wildman–Crippen LogP) is 3.39. The van der Waals surface area contributed by atoms with Gasteiger partial charge in [0.05, 0.1) is 0 Å². The molecule has 144 valence electrons. The largest absolute Gasteiger partial charge is 0.412 e. The Kier molecular flexibility index (Phi) is 5.03. The Labute approximate surface area is 155 Å². The molecule has 1 aromatic carbocycles. The zero-order chi connectivity index (χ0) is 19.1. The van der Waals surface area contributed by atoms with Crippen molar-refractivity contribution in [2.24, 2.45) is 0 Å². The minimum absolute atomic E-state index is 0.0459. The number of nitrogens with one attached hydrogen (secondary N) is 2. The molecule has 1 aliphatic carbocycles. The molecule has 1 atom stereocenters. The summed E-state index contributed by atoms with van der Waals surface area (Å²) in [7, 11) is 1.96. The maximum Gasteiger partial charge on any atom is 0.412 e. The average molecular weight is 361 g/mol.